The van der Waals surface area contributed by atoms with Crippen LogP contribution in [0.4, 0.5) is 17.3 Å². The summed E-state index contributed by atoms with van der Waals surface area (Å²) in [6, 6.07) is 47.8. The molecule has 0 spiro atoms. The molecule has 7 nitrogen and oxygen atoms in total. The van der Waals surface area contributed by atoms with Gasteiger partial charge in [-0.1, -0.05) is 103 Å². The largest absolute Gasteiger partial charge is 0.431 e. The summed E-state index contributed by atoms with van der Waals surface area (Å²) in [6.45, 7) is 10.8. The molecule has 4 aromatic heterocycles. The van der Waals surface area contributed by atoms with Crippen LogP contribution in [0.3, 0.4) is 0 Å². The molecule has 0 bridgehead atoms. The van der Waals surface area contributed by atoms with Gasteiger partial charge >= 0.3 is 5.78 Å². The fraction of sp³-hybridized carbons (Fsp3) is 0.146. The summed E-state index contributed by atoms with van der Waals surface area (Å²) < 4.78 is 17.7. The number of hydrogen-bond acceptors (Lipinski definition) is 3. The van der Waals surface area contributed by atoms with Gasteiger partial charge in [0, 0.05) is 58.5 Å². The first-order valence-corrected chi connectivity index (χ1v) is 20.5. The Bertz CT molecular complexity index is 2860. The van der Waals surface area contributed by atoms with Gasteiger partial charge in [0.1, 0.15) is 6.26 Å². The number of rotatable bonds is 7. The molecule has 277 valence electrons. The molecule has 0 aliphatic heterocycles. The summed E-state index contributed by atoms with van der Waals surface area (Å²) in [7, 11) is 2.46. The first-order valence-electron chi connectivity index (χ1n) is 19.0. The van der Waals surface area contributed by atoms with Crippen LogP contribution in [-0.4, -0.2) is 37.8 Å². The lowest BCUT2D eigenvalue weighted by molar-refractivity contribution is 0.481. The smallest absolute Gasteiger partial charge is 0.301 e. The number of guanidine groups is 1. The normalized spacial score (nSPS) is 12.1. The first kappa shape index (κ1) is 35.2. The van der Waals surface area contributed by atoms with Crippen LogP contribution in [0.5, 0.6) is 0 Å². The zero-order valence-corrected chi connectivity index (χ0v) is 33.8. The fourth-order valence-corrected chi connectivity index (χ4v) is 11.3. The van der Waals surface area contributed by atoms with Gasteiger partial charge in [-0.15, -0.1) is 0 Å². The SMILES string of the molecule is CN=C(N(C)c1ccc2c3ccccc3n([Si](c3ccccc3)c3ccccc3)c2c1C)N(c1ccccc1)c1oc2occ(-n3c(C)cc(C)c3C)c2c1C. The highest BCUT2D eigenvalue weighted by Crippen LogP contribution is 2.42. The average Bonchev–Trinajstić information content (AvgIpc) is 3.95. The van der Waals surface area contributed by atoms with Crippen LogP contribution in [-0.2, 0) is 0 Å². The third-order valence-electron chi connectivity index (χ3n) is 11.2. The van der Waals surface area contributed by atoms with Crippen LogP contribution in [0.25, 0.3) is 38.7 Å². The highest BCUT2D eigenvalue weighted by Gasteiger charge is 2.32. The van der Waals surface area contributed by atoms with Crippen LogP contribution in [0, 0.1) is 34.6 Å². The number of furan rings is 2. The van der Waals surface area contributed by atoms with Gasteiger partial charge < -0.3 is 22.5 Å². The molecule has 4 heterocycles. The van der Waals surface area contributed by atoms with E-state index in [1.807, 2.05) is 25.2 Å². The summed E-state index contributed by atoms with van der Waals surface area (Å²) in [5.41, 5.74) is 11.1. The molecule has 9 rings (SSSR count). The molecule has 0 saturated heterocycles. The number of aliphatic imine (C=N–C) groups is 1. The second-order valence-electron chi connectivity index (χ2n) is 14.5. The van der Waals surface area contributed by atoms with Crippen molar-refractivity contribution in [2.45, 2.75) is 34.6 Å². The number of para-hydroxylation sites is 2. The van der Waals surface area contributed by atoms with E-state index in [1.165, 1.54) is 49.0 Å². The van der Waals surface area contributed by atoms with Gasteiger partial charge in [-0.3, -0.25) is 9.89 Å². The van der Waals surface area contributed by atoms with Crippen molar-refractivity contribution in [3.63, 3.8) is 0 Å². The lowest BCUT2D eigenvalue weighted by Gasteiger charge is -2.32. The van der Waals surface area contributed by atoms with Crippen LogP contribution in [0.15, 0.2) is 154 Å². The van der Waals surface area contributed by atoms with E-state index in [0.29, 0.717) is 17.6 Å². The molecular formula is C48H44N5O2Si. The molecule has 0 atom stereocenters. The third-order valence-corrected chi connectivity index (χ3v) is 13.9. The van der Waals surface area contributed by atoms with Gasteiger partial charge in [0.15, 0.2) is 0 Å². The summed E-state index contributed by atoms with van der Waals surface area (Å²) in [6.07, 6.45) is 1.80. The fourth-order valence-electron chi connectivity index (χ4n) is 8.53. The molecule has 1 radical (unpaired) electrons. The van der Waals surface area contributed by atoms with Crippen molar-refractivity contribution in [2.75, 3.05) is 23.9 Å². The molecule has 0 aliphatic rings. The van der Waals surface area contributed by atoms with Gasteiger partial charge in [0.2, 0.25) is 20.8 Å². The van der Waals surface area contributed by atoms with Crippen molar-refractivity contribution in [1.29, 1.82) is 0 Å². The molecule has 5 aromatic carbocycles. The molecule has 0 aliphatic carbocycles. The lowest BCUT2D eigenvalue weighted by Crippen LogP contribution is -2.48. The Morgan fingerprint density at radius 2 is 1.32 bits per heavy atom. The standard InChI is InChI=1S/C48H44N5O2Si/c1-31-29-32(2)51(35(31)5)43-30-54-47-44(43)34(4)46(55-47)52(36-19-11-8-12-20-36)48(49-6)50(7)41-28-27-40-39-25-17-18-26-42(39)53(45(40)33(41)3)56(37-21-13-9-14-22-37)38-23-15-10-16-24-38/h8-30H,1-7H3. The second-order valence-corrected chi connectivity index (χ2v) is 16.8. The Balaban J connectivity index is 1.24. The second kappa shape index (κ2) is 14.0. The summed E-state index contributed by atoms with van der Waals surface area (Å²) in [4.78, 5) is 9.31. The van der Waals surface area contributed by atoms with E-state index in [4.69, 9.17) is 13.8 Å². The highest BCUT2D eigenvalue weighted by molar-refractivity contribution is 6.85. The van der Waals surface area contributed by atoms with E-state index in [1.54, 1.807) is 6.26 Å². The quantitative estimate of drug-likeness (QED) is 0.0925. The van der Waals surface area contributed by atoms with Crippen molar-refractivity contribution in [1.82, 2.24) is 8.80 Å². The molecular weight excluding hydrogens is 707 g/mol. The Morgan fingerprint density at radius 1 is 0.696 bits per heavy atom. The van der Waals surface area contributed by atoms with E-state index in [0.717, 1.165) is 33.7 Å². The number of hydrogen-bond donors (Lipinski definition) is 0. The van der Waals surface area contributed by atoms with Gasteiger partial charge in [-0.05, 0) is 86.5 Å². The van der Waals surface area contributed by atoms with E-state index < -0.39 is 8.96 Å². The maximum atomic E-state index is 6.70. The van der Waals surface area contributed by atoms with E-state index in [2.05, 4.69) is 176 Å². The minimum atomic E-state index is -1.49. The highest BCUT2D eigenvalue weighted by atomic mass is 28.3. The van der Waals surface area contributed by atoms with Crippen LogP contribution < -0.4 is 20.2 Å². The van der Waals surface area contributed by atoms with Gasteiger partial charge in [0.25, 0.3) is 0 Å². The minimum absolute atomic E-state index is 0.482. The lowest BCUT2D eigenvalue weighted by atomic mass is 10.1. The van der Waals surface area contributed by atoms with Crippen molar-refractivity contribution < 1.29 is 8.83 Å². The molecule has 56 heavy (non-hydrogen) atoms. The maximum absolute atomic E-state index is 6.70. The summed E-state index contributed by atoms with van der Waals surface area (Å²) in [5, 5.41) is 6.08. The van der Waals surface area contributed by atoms with Crippen LogP contribution >= 0.6 is 0 Å². The van der Waals surface area contributed by atoms with Crippen molar-refractivity contribution in [3.05, 3.63) is 168 Å². The average molecular weight is 751 g/mol. The zero-order valence-electron chi connectivity index (χ0n) is 32.8. The molecule has 9 aromatic rings. The van der Waals surface area contributed by atoms with Crippen molar-refractivity contribution in [3.8, 4) is 5.69 Å². The van der Waals surface area contributed by atoms with Gasteiger partial charge in [-0.2, -0.15) is 0 Å². The van der Waals surface area contributed by atoms with Crippen LogP contribution in [0.1, 0.15) is 28.1 Å². The minimum Gasteiger partial charge on any atom is -0.431 e. The number of aromatic nitrogens is 2. The Hall–Kier alpha value is -6.51. The molecule has 0 fully saturated rings. The van der Waals surface area contributed by atoms with E-state index >= 15 is 0 Å². The number of nitrogens with zero attached hydrogens (tertiary/aromatic N) is 5. The molecule has 0 N–H and O–H groups in total. The van der Waals surface area contributed by atoms with E-state index in [-0.39, 0.29) is 0 Å². The molecule has 0 saturated carbocycles. The van der Waals surface area contributed by atoms with Crippen molar-refractivity contribution in [2.24, 2.45) is 4.99 Å². The number of fused-ring (bicyclic) bond motifs is 4. The topological polar surface area (TPSA) is 55.0 Å². The Labute approximate surface area is 329 Å². The van der Waals surface area contributed by atoms with E-state index in [9.17, 15) is 0 Å². The van der Waals surface area contributed by atoms with Gasteiger partial charge in [-0.25, -0.2) is 0 Å². The first-order chi connectivity index (χ1) is 27.3. The summed E-state index contributed by atoms with van der Waals surface area (Å²) >= 11 is 0. The third kappa shape index (κ3) is 5.51. The molecule has 0 unspecified atom stereocenters. The Morgan fingerprint density at radius 3 is 1.95 bits per heavy atom. The zero-order chi connectivity index (χ0) is 38.7. The maximum Gasteiger partial charge on any atom is 0.301 e. The monoisotopic (exact) mass is 750 g/mol. The van der Waals surface area contributed by atoms with Gasteiger partial charge in [0.05, 0.1) is 16.8 Å². The van der Waals surface area contributed by atoms with Crippen LogP contribution in [0.2, 0.25) is 0 Å². The predicted octanol–water partition coefficient (Wildman–Crippen LogP) is 10.4. The predicted molar refractivity (Wildman–Crippen MR) is 235 cm³/mol. The number of aryl methyl sites for hydroxylation is 4. The molecule has 0 amide bonds. The summed E-state index contributed by atoms with van der Waals surface area (Å²) in [5.74, 6) is 1.85. The Kier molecular flexibility index (Phi) is 8.78. The number of anilines is 3. The number of benzene rings is 5. The van der Waals surface area contributed by atoms with Crippen molar-refractivity contribution >= 4 is 75.5 Å². The molecule has 8 heteroatoms.